The highest BCUT2D eigenvalue weighted by Gasteiger charge is 2.57. The van der Waals surface area contributed by atoms with Crippen LogP contribution in [0.4, 0.5) is 0 Å². The van der Waals surface area contributed by atoms with E-state index in [4.69, 9.17) is 5.73 Å². The Bertz CT molecular complexity index is 1040. The molecule has 5 unspecified atom stereocenters. The fourth-order valence-electron chi connectivity index (χ4n) is 6.63. The second-order valence-electron chi connectivity index (χ2n) is 9.60. The number of phenols is 1. The molecule has 7 heteroatoms. The Kier molecular flexibility index (Phi) is 4.61. The van der Waals surface area contributed by atoms with Crippen LogP contribution >= 0.6 is 0 Å². The molecule has 0 aliphatic heterocycles. The van der Waals surface area contributed by atoms with E-state index in [1.54, 1.807) is 0 Å². The van der Waals surface area contributed by atoms with Crippen LogP contribution in [0.1, 0.15) is 65.9 Å². The first-order valence-electron chi connectivity index (χ1n) is 11.1. The van der Waals surface area contributed by atoms with E-state index in [9.17, 15) is 29.1 Å². The SMILES string of the molecule is NC(=O)C1C(=O)CC2CC3Cc4c(C5CCCC5)ccc(O)c4C(=O)C3C(=O)C2C1=O. The van der Waals surface area contributed by atoms with E-state index in [1.807, 2.05) is 6.07 Å². The molecular weight excluding hydrogens is 398 g/mol. The van der Waals surface area contributed by atoms with Crippen LogP contribution in [0.15, 0.2) is 12.1 Å². The number of Topliss-reactive ketones (excluding diaryl/α,β-unsaturated/α-hetero) is 4. The molecule has 0 radical (unpaired) electrons. The van der Waals surface area contributed by atoms with Crippen LogP contribution in [0.5, 0.6) is 5.75 Å². The third kappa shape index (κ3) is 2.89. The van der Waals surface area contributed by atoms with Crippen molar-refractivity contribution in [2.75, 3.05) is 0 Å². The van der Waals surface area contributed by atoms with Gasteiger partial charge in [-0.15, -0.1) is 0 Å². The number of fused-ring (bicyclic) bond motifs is 3. The topological polar surface area (TPSA) is 132 Å². The van der Waals surface area contributed by atoms with Gasteiger partial charge in [0.15, 0.2) is 29.1 Å². The van der Waals surface area contributed by atoms with Crippen LogP contribution < -0.4 is 5.73 Å². The Morgan fingerprint density at radius 1 is 0.935 bits per heavy atom. The number of aromatic hydroxyl groups is 1. The van der Waals surface area contributed by atoms with Crippen molar-refractivity contribution in [2.45, 2.75) is 50.9 Å². The van der Waals surface area contributed by atoms with Gasteiger partial charge in [0.25, 0.3) is 0 Å². The molecule has 5 rings (SSSR count). The molecule has 31 heavy (non-hydrogen) atoms. The second kappa shape index (κ2) is 7.11. The molecule has 3 saturated carbocycles. The van der Waals surface area contributed by atoms with Gasteiger partial charge in [0, 0.05) is 6.42 Å². The molecule has 4 aliphatic rings. The van der Waals surface area contributed by atoms with Gasteiger partial charge in [-0.25, -0.2) is 0 Å². The Labute approximate surface area is 179 Å². The maximum absolute atomic E-state index is 13.5. The van der Waals surface area contributed by atoms with Crippen molar-refractivity contribution in [1.82, 2.24) is 0 Å². The highest BCUT2D eigenvalue weighted by atomic mass is 16.3. The Morgan fingerprint density at radius 2 is 1.61 bits per heavy atom. The number of amides is 1. The highest BCUT2D eigenvalue weighted by Crippen LogP contribution is 2.50. The zero-order chi connectivity index (χ0) is 22.0. The van der Waals surface area contributed by atoms with Crippen molar-refractivity contribution in [2.24, 2.45) is 35.3 Å². The number of hydrogen-bond donors (Lipinski definition) is 2. The molecule has 0 heterocycles. The highest BCUT2D eigenvalue weighted by molar-refractivity contribution is 6.27. The summed E-state index contributed by atoms with van der Waals surface area (Å²) in [6, 6.07) is 3.44. The Hall–Kier alpha value is -2.83. The van der Waals surface area contributed by atoms with Crippen LogP contribution in [0, 0.1) is 29.6 Å². The van der Waals surface area contributed by atoms with Crippen molar-refractivity contribution in [3.63, 3.8) is 0 Å². The summed E-state index contributed by atoms with van der Waals surface area (Å²) in [5.74, 6) is -7.65. The van der Waals surface area contributed by atoms with Crippen molar-refractivity contribution in [3.05, 3.63) is 28.8 Å². The Balaban J connectivity index is 1.55. The molecule has 5 atom stereocenters. The number of phenolic OH excluding ortho intramolecular Hbond substituents is 1. The monoisotopic (exact) mass is 423 g/mol. The summed E-state index contributed by atoms with van der Waals surface area (Å²) in [6.45, 7) is 0. The maximum Gasteiger partial charge on any atom is 0.235 e. The van der Waals surface area contributed by atoms with Gasteiger partial charge in [-0.2, -0.15) is 0 Å². The van der Waals surface area contributed by atoms with Crippen LogP contribution in [-0.4, -0.2) is 34.1 Å². The van der Waals surface area contributed by atoms with E-state index < -0.39 is 52.7 Å². The second-order valence-corrected chi connectivity index (χ2v) is 9.60. The number of rotatable bonds is 2. The zero-order valence-corrected chi connectivity index (χ0v) is 17.1. The van der Waals surface area contributed by atoms with E-state index in [1.165, 1.54) is 6.07 Å². The molecule has 7 nitrogen and oxygen atoms in total. The first-order valence-corrected chi connectivity index (χ1v) is 11.1. The number of nitrogens with two attached hydrogens (primary N) is 1. The summed E-state index contributed by atoms with van der Waals surface area (Å²) < 4.78 is 0. The van der Waals surface area contributed by atoms with Crippen LogP contribution in [0.3, 0.4) is 0 Å². The number of primary amides is 1. The van der Waals surface area contributed by atoms with Gasteiger partial charge >= 0.3 is 0 Å². The van der Waals surface area contributed by atoms with Crippen molar-refractivity contribution in [1.29, 1.82) is 0 Å². The number of benzene rings is 1. The average molecular weight is 423 g/mol. The molecule has 4 aliphatic carbocycles. The van der Waals surface area contributed by atoms with Crippen molar-refractivity contribution < 1.29 is 29.1 Å². The molecule has 1 amide bonds. The van der Waals surface area contributed by atoms with Gasteiger partial charge in [-0.1, -0.05) is 18.9 Å². The molecule has 162 valence electrons. The minimum atomic E-state index is -1.60. The van der Waals surface area contributed by atoms with Gasteiger partial charge in [0.05, 0.1) is 17.4 Å². The minimum absolute atomic E-state index is 0.0461. The normalized spacial score (nSPS) is 33.1. The third-order valence-electron chi connectivity index (χ3n) is 7.94. The minimum Gasteiger partial charge on any atom is -0.507 e. The number of hydrogen-bond acceptors (Lipinski definition) is 6. The molecule has 0 spiro atoms. The van der Waals surface area contributed by atoms with Gasteiger partial charge in [0.1, 0.15) is 5.75 Å². The molecule has 3 N–H and O–H groups in total. The molecule has 3 fully saturated rings. The summed E-state index contributed by atoms with van der Waals surface area (Å²) in [5, 5.41) is 10.5. The van der Waals surface area contributed by atoms with Gasteiger partial charge in [0.2, 0.25) is 5.91 Å². The van der Waals surface area contributed by atoms with E-state index >= 15 is 0 Å². The number of carbonyl (C=O) groups is 5. The fraction of sp³-hybridized carbons (Fsp3) is 0.542. The predicted molar refractivity (Wildman–Crippen MR) is 108 cm³/mol. The van der Waals surface area contributed by atoms with E-state index in [0.717, 1.165) is 36.8 Å². The lowest BCUT2D eigenvalue weighted by Gasteiger charge is -2.44. The summed E-state index contributed by atoms with van der Waals surface area (Å²) in [5.41, 5.74) is 7.36. The first kappa shape index (κ1) is 20.1. The molecule has 1 aromatic rings. The third-order valence-corrected chi connectivity index (χ3v) is 7.94. The van der Waals surface area contributed by atoms with Gasteiger partial charge in [-0.3, -0.25) is 24.0 Å². The van der Waals surface area contributed by atoms with Crippen LogP contribution in [0.2, 0.25) is 0 Å². The lowest BCUT2D eigenvalue weighted by molar-refractivity contribution is -0.152. The van der Waals surface area contributed by atoms with Crippen LogP contribution in [-0.2, 0) is 25.6 Å². The molecule has 1 aromatic carbocycles. The summed E-state index contributed by atoms with van der Waals surface area (Å²) in [6.07, 6.45) is 5.18. The van der Waals surface area contributed by atoms with Crippen LogP contribution in [0.25, 0.3) is 0 Å². The summed E-state index contributed by atoms with van der Waals surface area (Å²) in [4.78, 5) is 63.7. The van der Waals surface area contributed by atoms with Crippen molar-refractivity contribution in [3.8, 4) is 5.75 Å². The van der Waals surface area contributed by atoms with E-state index in [2.05, 4.69) is 0 Å². The largest absolute Gasteiger partial charge is 0.507 e. The molecular formula is C24H25NO6. The summed E-state index contributed by atoms with van der Waals surface area (Å²) >= 11 is 0. The summed E-state index contributed by atoms with van der Waals surface area (Å²) in [7, 11) is 0. The Morgan fingerprint density at radius 3 is 2.29 bits per heavy atom. The molecule has 0 saturated heterocycles. The smallest absolute Gasteiger partial charge is 0.235 e. The van der Waals surface area contributed by atoms with E-state index in [0.29, 0.717) is 18.8 Å². The van der Waals surface area contributed by atoms with Gasteiger partial charge < -0.3 is 10.8 Å². The quantitative estimate of drug-likeness (QED) is 0.698. The molecule has 0 aromatic heterocycles. The maximum atomic E-state index is 13.5. The van der Waals surface area contributed by atoms with Gasteiger partial charge in [-0.05, 0) is 60.6 Å². The van der Waals surface area contributed by atoms with Crippen molar-refractivity contribution >= 4 is 29.0 Å². The first-order chi connectivity index (χ1) is 14.8. The zero-order valence-electron chi connectivity index (χ0n) is 17.1. The predicted octanol–water partition coefficient (Wildman–Crippen LogP) is 1.87. The van der Waals surface area contributed by atoms with E-state index in [-0.39, 0.29) is 23.7 Å². The number of ketones is 4. The number of carbonyl (C=O) groups excluding carboxylic acids is 5. The fourth-order valence-corrected chi connectivity index (χ4v) is 6.63. The lowest BCUT2D eigenvalue weighted by Crippen LogP contribution is -2.56. The average Bonchev–Trinajstić information content (AvgIpc) is 3.21. The molecule has 0 bridgehead atoms. The standard InChI is InChI=1S/C24H25NO6/c25-24(31)20-16(27)9-12-7-11-8-14-13(10-3-1-2-4-10)5-6-15(26)19(14)22(29)17(11)21(28)18(12)23(20)30/h5-6,10-12,17-18,20,26H,1-4,7-9H2,(H2,25,31). The lowest BCUT2D eigenvalue weighted by atomic mass is 9.55.